The molecule has 138 valence electrons. The highest BCUT2D eigenvalue weighted by Gasteiger charge is 2.15. The van der Waals surface area contributed by atoms with Crippen LogP contribution >= 0.6 is 31.2 Å². The Morgan fingerprint density at radius 1 is 1.23 bits per heavy atom. The van der Waals surface area contributed by atoms with Gasteiger partial charge in [-0.15, -0.1) is 11.3 Å². The van der Waals surface area contributed by atoms with Crippen molar-refractivity contribution in [2.24, 2.45) is 4.99 Å². The van der Waals surface area contributed by atoms with Crippen LogP contribution in [0.2, 0.25) is 0 Å². The maximum absolute atomic E-state index is 10.8. The van der Waals surface area contributed by atoms with Crippen LogP contribution in [0.4, 0.5) is 5.69 Å². The van der Waals surface area contributed by atoms with Crippen molar-refractivity contribution >= 4 is 54.7 Å². The molecule has 26 heavy (non-hydrogen) atoms. The molecule has 0 unspecified atom stereocenters. The Balaban J connectivity index is 1.69. The van der Waals surface area contributed by atoms with Crippen LogP contribution in [0.1, 0.15) is 29.7 Å². The van der Waals surface area contributed by atoms with Crippen LogP contribution in [-0.2, 0) is 11.1 Å². The van der Waals surface area contributed by atoms with Crippen molar-refractivity contribution in [3.63, 3.8) is 0 Å². The third kappa shape index (κ3) is 4.58. The van der Waals surface area contributed by atoms with Crippen molar-refractivity contribution in [1.29, 1.82) is 0 Å². The largest absolute Gasteiger partial charge is 0.493 e. The van der Waals surface area contributed by atoms with Crippen molar-refractivity contribution in [3.05, 3.63) is 38.7 Å². The van der Waals surface area contributed by atoms with Gasteiger partial charge in [-0.2, -0.15) is 0 Å². The van der Waals surface area contributed by atoms with E-state index >= 15 is 0 Å². The Morgan fingerprint density at radius 2 is 2.00 bits per heavy atom. The molecular weight excluding hydrogens is 391 g/mol. The minimum absolute atomic E-state index is 0.107. The highest BCUT2D eigenvalue weighted by Crippen LogP contribution is 2.37. The summed E-state index contributed by atoms with van der Waals surface area (Å²) >= 11 is 6.69. The second kappa shape index (κ2) is 7.98. The lowest BCUT2D eigenvalue weighted by Crippen LogP contribution is -1.98. The molecule has 9 heteroatoms. The molecule has 3 rings (SSSR count). The molecule has 0 radical (unpaired) electrons. The van der Waals surface area contributed by atoms with Gasteiger partial charge in [-0.3, -0.25) is 14.1 Å². The van der Waals surface area contributed by atoms with Crippen molar-refractivity contribution in [3.8, 4) is 5.88 Å². The first-order chi connectivity index (χ1) is 12.3. The zero-order chi connectivity index (χ0) is 18.7. The third-order valence-corrected chi connectivity index (χ3v) is 6.35. The lowest BCUT2D eigenvalue weighted by molar-refractivity contribution is 0.369. The van der Waals surface area contributed by atoms with Crippen LogP contribution < -0.4 is 0 Å². The Labute approximate surface area is 160 Å². The number of benzene rings is 1. The van der Waals surface area contributed by atoms with E-state index in [0.29, 0.717) is 34.6 Å². The number of hydrogen-bond donors (Lipinski definition) is 3. The molecule has 0 atom stereocenters. The first-order valence-corrected chi connectivity index (χ1v) is 11.2. The van der Waals surface area contributed by atoms with Gasteiger partial charge in [0.15, 0.2) is 3.95 Å². The number of unbranched alkanes of at least 4 members (excludes halogenated alkanes) is 2. The van der Waals surface area contributed by atoms with Crippen molar-refractivity contribution < 1.29 is 19.5 Å². The number of rotatable bonds is 7. The molecule has 0 fully saturated rings. The topological polar surface area (TPSA) is 95.0 Å². The number of aromatic hydroxyl groups is 1. The zero-order valence-electron chi connectivity index (χ0n) is 13.9. The number of thiazole rings is 1. The molecule has 1 aliphatic rings. The monoisotopic (exact) mass is 410 g/mol. The van der Waals surface area contributed by atoms with Gasteiger partial charge < -0.3 is 14.9 Å². The highest BCUT2D eigenvalue weighted by molar-refractivity contribution is 7.73. The molecular formula is C17H19N2O4PS2. The Morgan fingerprint density at radius 3 is 2.77 bits per heavy atom. The predicted molar refractivity (Wildman–Crippen MR) is 108 cm³/mol. The second-order valence-electron chi connectivity index (χ2n) is 6.03. The van der Waals surface area contributed by atoms with Crippen molar-refractivity contribution in [2.75, 3.05) is 6.16 Å². The molecule has 0 amide bonds. The van der Waals surface area contributed by atoms with Crippen molar-refractivity contribution in [2.45, 2.75) is 25.8 Å². The maximum Gasteiger partial charge on any atom is 0.325 e. The van der Waals surface area contributed by atoms with Gasteiger partial charge in [-0.05, 0) is 37.2 Å². The average Bonchev–Trinajstić information content (AvgIpc) is 3.10. The van der Waals surface area contributed by atoms with Crippen LogP contribution in [0.3, 0.4) is 0 Å². The number of aliphatic imine (C=N–C) groups is 1. The van der Waals surface area contributed by atoms with E-state index in [0.717, 1.165) is 16.8 Å². The van der Waals surface area contributed by atoms with Gasteiger partial charge >= 0.3 is 7.60 Å². The summed E-state index contributed by atoms with van der Waals surface area (Å²) in [5, 5.41) is 10.5. The minimum Gasteiger partial charge on any atom is -0.493 e. The highest BCUT2D eigenvalue weighted by atomic mass is 32.1. The van der Waals surface area contributed by atoms with Crippen LogP contribution in [-0.4, -0.2) is 31.8 Å². The number of fused-ring (bicyclic) bond motifs is 1. The summed E-state index contributed by atoms with van der Waals surface area (Å²) in [4.78, 5) is 22.8. The molecule has 0 aliphatic carbocycles. The van der Waals surface area contributed by atoms with E-state index in [9.17, 15) is 9.67 Å². The zero-order valence-corrected chi connectivity index (χ0v) is 16.4. The van der Waals surface area contributed by atoms with Crippen LogP contribution in [0.5, 0.6) is 5.88 Å². The molecule has 0 saturated carbocycles. The summed E-state index contributed by atoms with van der Waals surface area (Å²) in [6.07, 6.45) is 5.36. The molecule has 2 heterocycles. The van der Waals surface area contributed by atoms with E-state index in [2.05, 4.69) is 4.99 Å². The van der Waals surface area contributed by atoms with Crippen LogP contribution in [0, 0.1) is 3.95 Å². The molecule has 1 aromatic carbocycles. The lowest BCUT2D eigenvalue weighted by atomic mass is 10.1. The summed E-state index contributed by atoms with van der Waals surface area (Å²) in [7, 11) is -3.93. The van der Waals surface area contributed by atoms with Gasteiger partial charge in [0, 0.05) is 30.1 Å². The van der Waals surface area contributed by atoms with E-state index in [4.69, 9.17) is 22.0 Å². The SMILES string of the molecule is O=P(O)(O)CCCCCn1c(O)c(C=C2C=Nc3ccccc32)sc1=S. The summed E-state index contributed by atoms with van der Waals surface area (Å²) in [5.41, 5.74) is 2.86. The molecule has 0 spiro atoms. The predicted octanol–water partition coefficient (Wildman–Crippen LogP) is 4.59. The molecule has 1 aliphatic heterocycles. The quantitative estimate of drug-likeness (QED) is 0.353. The van der Waals surface area contributed by atoms with Gasteiger partial charge in [0.05, 0.1) is 10.6 Å². The van der Waals surface area contributed by atoms with Crippen LogP contribution in [0.25, 0.3) is 11.6 Å². The smallest absolute Gasteiger partial charge is 0.325 e. The number of para-hydroxylation sites is 1. The maximum atomic E-state index is 10.8. The summed E-state index contributed by atoms with van der Waals surface area (Å²) < 4.78 is 13.1. The molecule has 2 aromatic rings. The Kier molecular flexibility index (Phi) is 5.89. The fraction of sp³-hybridized carbons (Fsp3) is 0.294. The average molecular weight is 410 g/mol. The number of nitrogens with zero attached hydrogens (tertiary/aromatic N) is 2. The van der Waals surface area contributed by atoms with Crippen molar-refractivity contribution in [1.82, 2.24) is 4.57 Å². The fourth-order valence-corrected chi connectivity index (χ4v) is 4.71. The third-order valence-electron chi connectivity index (χ3n) is 4.07. The Hall–Kier alpha value is -1.57. The standard InChI is InChI=1S/C17H19N2O4PS2/c20-16-15(10-12-11-18-14-7-3-2-6-13(12)14)26-17(25)19(16)8-4-1-5-9-24(21,22)23/h2-3,6-7,10-11,20H,1,4-5,8-9H2,(H2,21,22,23). The number of aromatic nitrogens is 1. The normalized spacial score (nSPS) is 14.9. The van der Waals surface area contributed by atoms with Gasteiger partial charge in [-0.25, -0.2) is 0 Å². The summed E-state index contributed by atoms with van der Waals surface area (Å²) in [6.45, 7) is 0.524. The van der Waals surface area contributed by atoms with Gasteiger partial charge in [0.25, 0.3) is 0 Å². The molecule has 0 saturated heterocycles. The fourth-order valence-electron chi connectivity index (χ4n) is 2.77. The lowest BCUT2D eigenvalue weighted by Gasteiger charge is -2.06. The number of allylic oxidation sites excluding steroid dienone is 1. The second-order valence-corrected chi connectivity index (χ2v) is 9.48. The van der Waals surface area contributed by atoms with E-state index in [1.165, 1.54) is 11.3 Å². The first kappa shape index (κ1) is 19.2. The summed E-state index contributed by atoms with van der Waals surface area (Å²) in [6, 6.07) is 7.81. The van der Waals surface area contributed by atoms with Gasteiger partial charge in [-0.1, -0.05) is 24.6 Å². The molecule has 3 N–H and O–H groups in total. The first-order valence-electron chi connectivity index (χ1n) is 8.17. The van der Waals surface area contributed by atoms with E-state index in [-0.39, 0.29) is 12.0 Å². The van der Waals surface area contributed by atoms with E-state index in [1.807, 2.05) is 30.3 Å². The summed E-state index contributed by atoms with van der Waals surface area (Å²) in [5.74, 6) is 0.125. The molecule has 0 bridgehead atoms. The minimum atomic E-state index is -3.93. The van der Waals surface area contributed by atoms with Gasteiger partial charge in [0.2, 0.25) is 5.88 Å². The Bertz CT molecular complexity index is 971. The van der Waals surface area contributed by atoms with Gasteiger partial charge in [0.1, 0.15) is 0 Å². The molecule has 6 nitrogen and oxygen atoms in total. The number of hydrogen-bond acceptors (Lipinski definition) is 5. The molecule has 1 aromatic heterocycles. The van der Waals surface area contributed by atoms with E-state index in [1.54, 1.807) is 10.8 Å². The van der Waals surface area contributed by atoms with Crippen LogP contribution in [0.15, 0.2) is 29.3 Å². The van der Waals surface area contributed by atoms with E-state index < -0.39 is 7.60 Å².